The first-order chi connectivity index (χ1) is 5.16. The predicted molar refractivity (Wildman–Crippen MR) is 51.1 cm³/mol. The molecular weight excluding hydrogens is 134 g/mol. The van der Waals surface area contributed by atoms with Gasteiger partial charge in [0.2, 0.25) is 0 Å². The second kappa shape index (κ2) is 5.78. The first-order valence-corrected chi connectivity index (χ1v) is 3.84. The maximum Gasteiger partial charge on any atom is -0.00331 e. The zero-order valence-corrected chi connectivity index (χ0v) is 7.43. The third kappa shape index (κ3) is 6.91. The summed E-state index contributed by atoms with van der Waals surface area (Å²) < 4.78 is 0. The van der Waals surface area contributed by atoms with E-state index in [2.05, 4.69) is 31.5 Å². The minimum atomic E-state index is 0.556. The lowest BCUT2D eigenvalue weighted by Crippen LogP contribution is -1.95. The van der Waals surface area contributed by atoms with E-state index in [9.17, 15) is 0 Å². The summed E-state index contributed by atoms with van der Waals surface area (Å²) in [5.74, 6) is 0.556. The lowest BCUT2D eigenvalue weighted by molar-refractivity contribution is 0.714. The summed E-state index contributed by atoms with van der Waals surface area (Å²) in [4.78, 5) is 0. The normalized spacial score (nSPS) is 12.9. The van der Waals surface area contributed by atoms with E-state index in [1.807, 2.05) is 13.1 Å². The maximum atomic E-state index is 3.85. The molecule has 1 heteroatoms. The van der Waals surface area contributed by atoms with Crippen LogP contribution < -0.4 is 5.32 Å². The summed E-state index contributed by atoms with van der Waals surface area (Å²) in [5, 5.41) is 2.91. The average Bonchev–Trinajstić information content (AvgIpc) is 1.86. The number of hydrogen-bond acceptors (Lipinski definition) is 1. The SMILES string of the molecule is C=CN/C=C\C(C)CC(=C)C. The predicted octanol–water partition coefficient (Wildman–Crippen LogP) is 2.84. The Balaban J connectivity index is 3.58. The van der Waals surface area contributed by atoms with Crippen LogP contribution in [0.1, 0.15) is 20.3 Å². The monoisotopic (exact) mass is 151 g/mol. The summed E-state index contributed by atoms with van der Waals surface area (Å²) in [7, 11) is 0. The molecule has 0 amide bonds. The fourth-order valence-electron chi connectivity index (χ4n) is 0.906. The van der Waals surface area contributed by atoms with Gasteiger partial charge in [0.25, 0.3) is 0 Å². The Morgan fingerprint density at radius 1 is 1.64 bits per heavy atom. The van der Waals surface area contributed by atoms with Crippen LogP contribution in [0, 0.1) is 5.92 Å². The Hall–Kier alpha value is -0.980. The Morgan fingerprint density at radius 2 is 2.27 bits per heavy atom. The molecular formula is C10H17N. The van der Waals surface area contributed by atoms with Gasteiger partial charge in [-0.1, -0.05) is 25.2 Å². The van der Waals surface area contributed by atoms with Gasteiger partial charge in [0.15, 0.2) is 0 Å². The molecule has 62 valence electrons. The van der Waals surface area contributed by atoms with Gasteiger partial charge < -0.3 is 5.32 Å². The van der Waals surface area contributed by atoms with E-state index in [0.29, 0.717) is 5.92 Å². The van der Waals surface area contributed by atoms with Gasteiger partial charge >= 0.3 is 0 Å². The number of allylic oxidation sites excluding steroid dienone is 2. The maximum absolute atomic E-state index is 3.85. The van der Waals surface area contributed by atoms with Crippen molar-refractivity contribution in [2.45, 2.75) is 20.3 Å². The van der Waals surface area contributed by atoms with Crippen LogP contribution in [0.5, 0.6) is 0 Å². The molecule has 0 aliphatic rings. The molecule has 1 unspecified atom stereocenters. The lowest BCUT2D eigenvalue weighted by atomic mass is 10.0. The van der Waals surface area contributed by atoms with Gasteiger partial charge in [0, 0.05) is 0 Å². The van der Waals surface area contributed by atoms with Gasteiger partial charge in [-0.2, -0.15) is 0 Å². The van der Waals surface area contributed by atoms with Crippen LogP contribution in [0.2, 0.25) is 0 Å². The van der Waals surface area contributed by atoms with Crippen molar-refractivity contribution in [3.05, 3.63) is 37.2 Å². The van der Waals surface area contributed by atoms with Crippen molar-refractivity contribution in [1.82, 2.24) is 5.32 Å². The summed E-state index contributed by atoms with van der Waals surface area (Å²) in [6, 6.07) is 0. The molecule has 0 saturated carbocycles. The molecule has 0 heterocycles. The molecule has 0 aromatic rings. The van der Waals surface area contributed by atoms with Gasteiger partial charge in [-0.05, 0) is 31.7 Å². The van der Waals surface area contributed by atoms with Crippen molar-refractivity contribution in [2.75, 3.05) is 0 Å². The van der Waals surface area contributed by atoms with Crippen molar-refractivity contribution in [3.63, 3.8) is 0 Å². The molecule has 1 nitrogen and oxygen atoms in total. The molecule has 0 aromatic heterocycles. The Bertz CT molecular complexity index is 156. The quantitative estimate of drug-likeness (QED) is 0.596. The first-order valence-electron chi connectivity index (χ1n) is 3.84. The van der Waals surface area contributed by atoms with E-state index in [0.717, 1.165) is 6.42 Å². The van der Waals surface area contributed by atoms with E-state index >= 15 is 0 Å². The van der Waals surface area contributed by atoms with Crippen LogP contribution in [-0.4, -0.2) is 0 Å². The van der Waals surface area contributed by atoms with Gasteiger partial charge in [-0.25, -0.2) is 0 Å². The Kier molecular flexibility index (Phi) is 5.26. The molecule has 0 radical (unpaired) electrons. The fourth-order valence-corrected chi connectivity index (χ4v) is 0.906. The molecule has 0 fully saturated rings. The van der Waals surface area contributed by atoms with Crippen LogP contribution in [0.3, 0.4) is 0 Å². The molecule has 11 heavy (non-hydrogen) atoms. The van der Waals surface area contributed by atoms with Gasteiger partial charge in [0.05, 0.1) is 0 Å². The molecule has 1 N–H and O–H groups in total. The highest BCUT2D eigenvalue weighted by atomic mass is 14.8. The molecule has 0 saturated heterocycles. The van der Waals surface area contributed by atoms with Crippen LogP contribution in [0.25, 0.3) is 0 Å². The molecule has 0 bridgehead atoms. The van der Waals surface area contributed by atoms with Crippen LogP contribution in [0.4, 0.5) is 0 Å². The van der Waals surface area contributed by atoms with Crippen LogP contribution >= 0.6 is 0 Å². The van der Waals surface area contributed by atoms with E-state index in [4.69, 9.17) is 0 Å². The first kappa shape index (κ1) is 10.0. The molecule has 0 aromatic carbocycles. The van der Waals surface area contributed by atoms with Crippen molar-refractivity contribution in [2.24, 2.45) is 5.92 Å². The van der Waals surface area contributed by atoms with Crippen LogP contribution in [-0.2, 0) is 0 Å². The minimum Gasteiger partial charge on any atom is -0.369 e. The van der Waals surface area contributed by atoms with Gasteiger partial charge in [-0.3, -0.25) is 0 Å². The molecule has 0 aliphatic carbocycles. The van der Waals surface area contributed by atoms with Gasteiger partial charge in [0.1, 0.15) is 0 Å². The van der Waals surface area contributed by atoms with Crippen molar-refractivity contribution in [1.29, 1.82) is 0 Å². The molecule has 0 aliphatic heterocycles. The Morgan fingerprint density at radius 3 is 2.73 bits per heavy atom. The van der Waals surface area contributed by atoms with Gasteiger partial charge in [-0.15, -0.1) is 6.58 Å². The van der Waals surface area contributed by atoms with E-state index in [1.165, 1.54) is 5.57 Å². The minimum absolute atomic E-state index is 0.556. The second-order valence-corrected chi connectivity index (χ2v) is 2.87. The average molecular weight is 151 g/mol. The van der Waals surface area contributed by atoms with Crippen LogP contribution in [0.15, 0.2) is 37.2 Å². The smallest absolute Gasteiger partial charge is 0.00331 e. The zero-order chi connectivity index (χ0) is 8.69. The standard InChI is InChI=1S/C10H17N/c1-5-11-7-6-10(4)8-9(2)3/h5-7,10-11H,1-2,8H2,3-4H3/b7-6-. The van der Waals surface area contributed by atoms with Crippen molar-refractivity contribution < 1.29 is 0 Å². The van der Waals surface area contributed by atoms with E-state index < -0.39 is 0 Å². The highest BCUT2D eigenvalue weighted by molar-refractivity contribution is 4.96. The summed E-state index contributed by atoms with van der Waals surface area (Å²) in [5.41, 5.74) is 1.22. The highest BCUT2D eigenvalue weighted by Crippen LogP contribution is 2.09. The summed E-state index contributed by atoms with van der Waals surface area (Å²) >= 11 is 0. The number of hydrogen-bond donors (Lipinski definition) is 1. The molecule has 0 spiro atoms. The zero-order valence-electron chi connectivity index (χ0n) is 7.43. The largest absolute Gasteiger partial charge is 0.369 e. The summed E-state index contributed by atoms with van der Waals surface area (Å²) in [6.07, 6.45) is 6.72. The lowest BCUT2D eigenvalue weighted by Gasteiger charge is -2.03. The highest BCUT2D eigenvalue weighted by Gasteiger charge is 1.94. The van der Waals surface area contributed by atoms with Crippen molar-refractivity contribution >= 4 is 0 Å². The summed E-state index contributed by atoms with van der Waals surface area (Å²) in [6.45, 7) is 11.6. The molecule has 0 rings (SSSR count). The van der Waals surface area contributed by atoms with E-state index in [1.54, 1.807) is 6.20 Å². The topological polar surface area (TPSA) is 12.0 Å². The number of rotatable bonds is 5. The molecule has 1 atom stereocenters. The third-order valence-electron chi connectivity index (χ3n) is 1.31. The Labute approximate surface area is 69.5 Å². The second-order valence-electron chi connectivity index (χ2n) is 2.87. The van der Waals surface area contributed by atoms with Crippen molar-refractivity contribution in [3.8, 4) is 0 Å². The van der Waals surface area contributed by atoms with E-state index in [-0.39, 0.29) is 0 Å². The number of nitrogens with one attached hydrogen (secondary N) is 1. The fraction of sp³-hybridized carbons (Fsp3) is 0.400. The third-order valence-corrected chi connectivity index (χ3v) is 1.31.